The van der Waals surface area contributed by atoms with E-state index >= 15 is 0 Å². The zero-order chi connectivity index (χ0) is 15.0. The van der Waals surface area contributed by atoms with Gasteiger partial charge in [-0.25, -0.2) is 13.4 Å². The van der Waals surface area contributed by atoms with E-state index in [0.717, 1.165) is 20.5 Å². The summed E-state index contributed by atoms with van der Waals surface area (Å²) in [6.45, 7) is 0. The van der Waals surface area contributed by atoms with Gasteiger partial charge in [-0.2, -0.15) is 0 Å². The summed E-state index contributed by atoms with van der Waals surface area (Å²) in [6, 6.07) is 3.67. The highest BCUT2D eigenvalue weighted by molar-refractivity contribution is 7.91. The van der Waals surface area contributed by atoms with Crippen molar-refractivity contribution in [1.82, 2.24) is 4.98 Å². The van der Waals surface area contributed by atoms with Crippen LogP contribution in [0, 0.1) is 0 Å². The molecule has 1 atom stereocenters. The maximum Gasteiger partial charge on any atom is 0.308 e. The quantitative estimate of drug-likeness (QED) is 0.921. The predicted octanol–water partition coefficient (Wildman–Crippen LogP) is 2.40. The number of nitrogens with zero attached hydrogens (tertiary/aromatic N) is 1. The van der Waals surface area contributed by atoms with Gasteiger partial charge in [0.25, 0.3) is 0 Å². The van der Waals surface area contributed by atoms with Crippen molar-refractivity contribution in [2.75, 3.05) is 11.5 Å². The van der Waals surface area contributed by atoms with Gasteiger partial charge in [0.2, 0.25) is 0 Å². The van der Waals surface area contributed by atoms with Crippen LogP contribution in [0.4, 0.5) is 0 Å². The Bertz CT molecular complexity index is 775. The Kier molecular flexibility index (Phi) is 3.85. The van der Waals surface area contributed by atoms with Crippen LogP contribution in [0.1, 0.15) is 22.2 Å². The van der Waals surface area contributed by atoms with E-state index in [9.17, 15) is 13.2 Å². The summed E-state index contributed by atoms with van der Waals surface area (Å²) in [6.07, 6.45) is 0.659. The van der Waals surface area contributed by atoms with E-state index < -0.39 is 15.8 Å². The summed E-state index contributed by atoms with van der Waals surface area (Å²) >= 11 is 2.90. The number of hydrogen-bond acceptors (Lipinski definition) is 6. The van der Waals surface area contributed by atoms with E-state index in [1.165, 1.54) is 22.7 Å². The molecule has 0 aromatic carbocycles. The largest absolute Gasteiger partial charge is 0.481 e. The van der Waals surface area contributed by atoms with Crippen molar-refractivity contribution in [1.29, 1.82) is 0 Å². The number of aromatic nitrogens is 1. The minimum atomic E-state index is -2.90. The first kappa shape index (κ1) is 14.7. The van der Waals surface area contributed by atoms with Crippen LogP contribution >= 0.6 is 22.7 Å². The fourth-order valence-corrected chi connectivity index (χ4v) is 6.18. The smallest absolute Gasteiger partial charge is 0.308 e. The van der Waals surface area contributed by atoms with Crippen LogP contribution in [0.3, 0.4) is 0 Å². The Morgan fingerprint density at radius 1 is 1.43 bits per heavy atom. The predicted molar refractivity (Wildman–Crippen MR) is 82.8 cm³/mol. The molecule has 2 aromatic rings. The van der Waals surface area contributed by atoms with Crippen LogP contribution < -0.4 is 0 Å². The lowest BCUT2D eigenvalue weighted by Crippen LogP contribution is -2.03. The molecule has 8 heteroatoms. The first-order valence-corrected chi connectivity index (χ1v) is 9.91. The molecule has 0 spiro atoms. The lowest BCUT2D eigenvalue weighted by molar-refractivity contribution is -0.136. The number of aliphatic carboxylic acids is 1. The summed E-state index contributed by atoms with van der Waals surface area (Å²) in [4.78, 5) is 16.9. The zero-order valence-corrected chi connectivity index (χ0v) is 13.4. The fourth-order valence-electron chi connectivity index (χ4n) is 2.34. The highest BCUT2D eigenvalue weighted by Gasteiger charge is 2.31. The second kappa shape index (κ2) is 5.51. The summed E-state index contributed by atoms with van der Waals surface area (Å²) in [5, 5.41) is 11.6. The van der Waals surface area contributed by atoms with Crippen molar-refractivity contribution in [3.63, 3.8) is 0 Å². The third-order valence-corrected chi connectivity index (χ3v) is 7.23. The number of carboxylic acids is 1. The van der Waals surface area contributed by atoms with Crippen LogP contribution in [0.25, 0.3) is 10.6 Å². The number of thiazole rings is 1. The molecule has 0 amide bonds. The Morgan fingerprint density at radius 2 is 2.24 bits per heavy atom. The van der Waals surface area contributed by atoms with Gasteiger partial charge >= 0.3 is 5.97 Å². The fraction of sp³-hybridized carbons (Fsp3) is 0.385. The summed E-state index contributed by atoms with van der Waals surface area (Å²) in [5.41, 5.74) is 0.806. The average molecular weight is 343 g/mol. The number of rotatable bonds is 4. The van der Waals surface area contributed by atoms with E-state index in [1.807, 2.05) is 11.4 Å². The Balaban J connectivity index is 1.79. The van der Waals surface area contributed by atoms with Gasteiger partial charge in [-0.3, -0.25) is 4.79 Å². The zero-order valence-electron chi connectivity index (χ0n) is 11.0. The van der Waals surface area contributed by atoms with Gasteiger partial charge in [0.05, 0.1) is 33.5 Å². The van der Waals surface area contributed by atoms with Crippen molar-refractivity contribution in [2.24, 2.45) is 0 Å². The molecule has 3 rings (SSSR count). The second-order valence-electron chi connectivity index (χ2n) is 5.01. The topological polar surface area (TPSA) is 84.3 Å². The molecule has 3 heterocycles. The van der Waals surface area contributed by atoms with E-state index in [2.05, 4.69) is 4.98 Å². The Morgan fingerprint density at radius 3 is 2.90 bits per heavy atom. The molecule has 21 heavy (non-hydrogen) atoms. The first-order valence-electron chi connectivity index (χ1n) is 6.40. The van der Waals surface area contributed by atoms with Crippen molar-refractivity contribution in [2.45, 2.75) is 18.8 Å². The number of carbonyl (C=O) groups is 1. The lowest BCUT2D eigenvalue weighted by Gasteiger charge is -2.01. The normalized spacial score (nSPS) is 20.7. The lowest BCUT2D eigenvalue weighted by atomic mass is 10.1. The molecule has 1 aliphatic heterocycles. The molecule has 5 nitrogen and oxygen atoms in total. The highest BCUT2D eigenvalue weighted by Crippen LogP contribution is 2.35. The van der Waals surface area contributed by atoms with Crippen LogP contribution in [0.5, 0.6) is 0 Å². The molecule has 0 saturated carbocycles. The number of thiophene rings is 1. The summed E-state index contributed by atoms with van der Waals surface area (Å²) in [7, 11) is -2.90. The molecule has 1 unspecified atom stereocenters. The van der Waals surface area contributed by atoms with Crippen LogP contribution in [0.2, 0.25) is 0 Å². The minimum absolute atomic E-state index is 0.00667. The molecule has 1 N–H and O–H groups in total. The molecule has 0 bridgehead atoms. The summed E-state index contributed by atoms with van der Waals surface area (Å²) in [5.74, 6) is -0.408. The van der Waals surface area contributed by atoms with Gasteiger partial charge in [-0.05, 0) is 18.6 Å². The molecule has 1 saturated heterocycles. The standard InChI is InChI=1S/C13H13NO4S3/c15-12(16)5-9-1-2-11(20-9)10-6-19-13(14-10)8-3-4-21(17,18)7-8/h1-2,6,8H,3-5,7H2,(H,15,16). The molecule has 1 aliphatic rings. The van der Waals surface area contributed by atoms with Crippen LogP contribution in [0.15, 0.2) is 17.5 Å². The second-order valence-corrected chi connectivity index (χ2v) is 9.29. The van der Waals surface area contributed by atoms with E-state index in [1.54, 1.807) is 6.07 Å². The van der Waals surface area contributed by atoms with Crippen LogP contribution in [-0.2, 0) is 21.1 Å². The van der Waals surface area contributed by atoms with E-state index in [-0.39, 0.29) is 23.8 Å². The van der Waals surface area contributed by atoms with Gasteiger partial charge in [0.15, 0.2) is 9.84 Å². The van der Waals surface area contributed by atoms with Gasteiger partial charge in [-0.1, -0.05) is 0 Å². The van der Waals surface area contributed by atoms with Crippen molar-refractivity contribution >= 4 is 38.5 Å². The summed E-state index contributed by atoms with van der Waals surface area (Å²) < 4.78 is 23.0. The molecule has 0 aliphatic carbocycles. The third-order valence-electron chi connectivity index (χ3n) is 3.34. The van der Waals surface area contributed by atoms with Crippen molar-refractivity contribution in [3.8, 4) is 10.6 Å². The molecule has 1 fully saturated rings. The van der Waals surface area contributed by atoms with Crippen molar-refractivity contribution < 1.29 is 18.3 Å². The SMILES string of the molecule is O=C(O)Cc1ccc(-c2csc(C3CCS(=O)(=O)C3)n2)s1. The number of sulfone groups is 1. The maximum atomic E-state index is 11.5. The van der Waals surface area contributed by atoms with Crippen molar-refractivity contribution in [3.05, 3.63) is 27.4 Å². The molecule has 2 aromatic heterocycles. The monoisotopic (exact) mass is 343 g/mol. The van der Waals surface area contributed by atoms with E-state index in [4.69, 9.17) is 5.11 Å². The molecule has 112 valence electrons. The number of carboxylic acid groups (broad SMARTS) is 1. The minimum Gasteiger partial charge on any atom is -0.481 e. The van der Waals surface area contributed by atoms with Gasteiger partial charge in [-0.15, -0.1) is 22.7 Å². The molecule has 0 radical (unpaired) electrons. The maximum absolute atomic E-state index is 11.5. The Labute approximate surface area is 130 Å². The first-order chi connectivity index (χ1) is 9.93. The number of hydrogen-bond donors (Lipinski definition) is 1. The van der Waals surface area contributed by atoms with Gasteiger partial charge < -0.3 is 5.11 Å². The average Bonchev–Trinajstić information content (AvgIpc) is 3.06. The third kappa shape index (κ3) is 3.33. The molecular formula is C13H13NO4S3. The van der Waals surface area contributed by atoms with Gasteiger partial charge in [0, 0.05) is 16.2 Å². The van der Waals surface area contributed by atoms with Crippen LogP contribution in [-0.4, -0.2) is 36.0 Å². The van der Waals surface area contributed by atoms with Gasteiger partial charge in [0.1, 0.15) is 0 Å². The van der Waals surface area contributed by atoms with E-state index in [0.29, 0.717) is 6.42 Å². The Hall–Kier alpha value is -1.25. The molecular weight excluding hydrogens is 330 g/mol. The highest BCUT2D eigenvalue weighted by atomic mass is 32.2.